The van der Waals surface area contributed by atoms with E-state index >= 15 is 0 Å². The van der Waals surface area contributed by atoms with Crippen molar-refractivity contribution >= 4 is 10.2 Å². The maximum absolute atomic E-state index is 12.0. The van der Waals surface area contributed by atoms with E-state index in [9.17, 15) is 8.42 Å². The number of aromatic nitrogens is 2. The maximum atomic E-state index is 12.0. The van der Waals surface area contributed by atoms with E-state index in [0.29, 0.717) is 0 Å². The van der Waals surface area contributed by atoms with E-state index in [4.69, 9.17) is 0 Å². The molecule has 0 saturated carbocycles. The van der Waals surface area contributed by atoms with Gasteiger partial charge < -0.3 is 0 Å². The second kappa shape index (κ2) is 7.18. The van der Waals surface area contributed by atoms with Crippen molar-refractivity contribution in [2.24, 2.45) is 0 Å². The third-order valence-corrected chi connectivity index (χ3v) is 5.25. The van der Waals surface area contributed by atoms with E-state index in [-0.39, 0.29) is 6.54 Å². The Hall–Kier alpha value is -2.48. The van der Waals surface area contributed by atoms with Crippen molar-refractivity contribution < 1.29 is 8.42 Å². The smallest absolute Gasteiger partial charge is 0.240 e. The lowest BCUT2D eigenvalue weighted by molar-refractivity contribution is 0.505. The van der Waals surface area contributed by atoms with Gasteiger partial charge in [-0.1, -0.05) is 48.5 Å². The monoisotopic (exact) mass is 356 g/mol. The van der Waals surface area contributed by atoms with Gasteiger partial charge in [0.1, 0.15) is 0 Å². The van der Waals surface area contributed by atoms with E-state index in [0.717, 1.165) is 26.8 Å². The van der Waals surface area contributed by atoms with Crippen molar-refractivity contribution in [3.63, 3.8) is 0 Å². The minimum absolute atomic E-state index is 0.164. The average molecular weight is 356 g/mol. The first-order chi connectivity index (χ1) is 12.0. The quantitative estimate of drug-likeness (QED) is 0.738. The maximum Gasteiger partial charge on any atom is 0.279 e. The van der Waals surface area contributed by atoms with Crippen molar-refractivity contribution in [3.8, 4) is 16.9 Å². The topological polar surface area (TPSA) is 67.2 Å². The van der Waals surface area contributed by atoms with Crippen molar-refractivity contribution in [2.45, 2.75) is 6.54 Å². The van der Waals surface area contributed by atoms with Crippen LogP contribution in [0.15, 0.2) is 66.9 Å². The van der Waals surface area contributed by atoms with Crippen LogP contribution in [0.5, 0.6) is 0 Å². The van der Waals surface area contributed by atoms with Crippen LogP contribution >= 0.6 is 0 Å². The van der Waals surface area contributed by atoms with Crippen LogP contribution in [-0.4, -0.2) is 36.6 Å². The molecule has 1 aromatic heterocycles. The zero-order chi connectivity index (χ0) is 17.9. The molecule has 0 atom stereocenters. The second-order valence-corrected chi connectivity index (χ2v) is 7.73. The molecule has 0 unspecified atom stereocenters. The molecule has 0 amide bonds. The molecule has 0 aliphatic heterocycles. The highest BCUT2D eigenvalue weighted by Gasteiger charge is 2.17. The number of hydrogen-bond acceptors (Lipinski definition) is 3. The lowest BCUT2D eigenvalue weighted by Crippen LogP contribution is -2.35. The van der Waals surface area contributed by atoms with Crippen molar-refractivity contribution in [3.05, 3.63) is 72.4 Å². The zero-order valence-corrected chi connectivity index (χ0v) is 14.9. The molecular weight excluding hydrogens is 336 g/mol. The number of para-hydroxylation sites is 1. The SMILES string of the molecule is CN(C)S(=O)(=O)NCc1cn(-c2ccccc2)nc1-c1ccccc1. The number of benzene rings is 2. The number of rotatable bonds is 6. The molecule has 0 bridgehead atoms. The molecule has 0 fully saturated rings. The lowest BCUT2D eigenvalue weighted by Gasteiger charge is -2.12. The molecule has 130 valence electrons. The van der Waals surface area contributed by atoms with Crippen LogP contribution in [0.2, 0.25) is 0 Å². The first-order valence-corrected chi connectivity index (χ1v) is 9.28. The predicted octanol–water partition coefficient (Wildman–Crippen LogP) is 2.44. The van der Waals surface area contributed by atoms with Crippen molar-refractivity contribution in [2.75, 3.05) is 14.1 Å². The second-order valence-electron chi connectivity index (χ2n) is 5.76. The fourth-order valence-electron chi connectivity index (χ4n) is 2.39. The van der Waals surface area contributed by atoms with E-state index < -0.39 is 10.2 Å². The summed E-state index contributed by atoms with van der Waals surface area (Å²) >= 11 is 0. The summed E-state index contributed by atoms with van der Waals surface area (Å²) in [5, 5.41) is 4.66. The van der Waals surface area contributed by atoms with E-state index in [1.807, 2.05) is 66.9 Å². The normalized spacial score (nSPS) is 11.8. The van der Waals surface area contributed by atoms with Gasteiger partial charge in [0.05, 0.1) is 11.4 Å². The summed E-state index contributed by atoms with van der Waals surface area (Å²) in [6.07, 6.45) is 1.86. The highest BCUT2D eigenvalue weighted by atomic mass is 32.2. The first-order valence-electron chi connectivity index (χ1n) is 7.84. The van der Waals surface area contributed by atoms with Crippen LogP contribution in [0.3, 0.4) is 0 Å². The summed E-state index contributed by atoms with van der Waals surface area (Å²) in [5.41, 5.74) is 3.42. The highest BCUT2D eigenvalue weighted by Crippen LogP contribution is 2.23. The third kappa shape index (κ3) is 3.96. The Morgan fingerprint density at radius 3 is 2.20 bits per heavy atom. The molecule has 0 aliphatic rings. The standard InChI is InChI=1S/C18H20N4O2S/c1-21(2)25(23,24)19-13-16-14-22(17-11-7-4-8-12-17)20-18(16)15-9-5-3-6-10-15/h3-12,14,19H,13H2,1-2H3. The molecule has 7 heteroatoms. The van der Waals surface area contributed by atoms with Crippen LogP contribution < -0.4 is 4.72 Å². The largest absolute Gasteiger partial charge is 0.279 e. The molecular formula is C18H20N4O2S. The molecule has 3 aromatic rings. The van der Waals surface area contributed by atoms with E-state index in [2.05, 4.69) is 9.82 Å². The summed E-state index contributed by atoms with van der Waals surface area (Å²) in [6.45, 7) is 0.164. The van der Waals surface area contributed by atoms with Gasteiger partial charge >= 0.3 is 0 Å². The van der Waals surface area contributed by atoms with Crippen molar-refractivity contribution in [1.29, 1.82) is 0 Å². The summed E-state index contributed by atoms with van der Waals surface area (Å²) < 4.78 is 29.5. The van der Waals surface area contributed by atoms with Gasteiger partial charge in [-0.2, -0.15) is 22.5 Å². The Bertz CT molecular complexity index is 936. The number of hydrogen-bond donors (Lipinski definition) is 1. The van der Waals surface area contributed by atoms with E-state index in [1.54, 1.807) is 4.68 Å². The Balaban J connectivity index is 1.99. The summed E-state index contributed by atoms with van der Waals surface area (Å²) in [5.74, 6) is 0. The molecule has 0 aliphatic carbocycles. The zero-order valence-electron chi connectivity index (χ0n) is 14.1. The van der Waals surface area contributed by atoms with Gasteiger partial charge in [-0.05, 0) is 12.1 Å². The Labute approximate surface area is 147 Å². The lowest BCUT2D eigenvalue weighted by atomic mass is 10.1. The Kier molecular flexibility index (Phi) is 4.98. The van der Waals surface area contributed by atoms with Crippen LogP contribution in [0.4, 0.5) is 0 Å². The van der Waals surface area contributed by atoms with Crippen LogP contribution in [0.1, 0.15) is 5.56 Å². The van der Waals surface area contributed by atoms with Gasteiger partial charge in [0.15, 0.2) is 0 Å². The van der Waals surface area contributed by atoms with Gasteiger partial charge in [0, 0.05) is 38.0 Å². The third-order valence-electron chi connectivity index (χ3n) is 3.78. The van der Waals surface area contributed by atoms with Crippen LogP contribution in [0, 0.1) is 0 Å². The summed E-state index contributed by atoms with van der Waals surface area (Å²) in [6, 6.07) is 19.5. The predicted molar refractivity (Wildman–Crippen MR) is 98.4 cm³/mol. The number of nitrogens with zero attached hydrogens (tertiary/aromatic N) is 3. The Morgan fingerprint density at radius 1 is 1.00 bits per heavy atom. The fourth-order valence-corrected chi connectivity index (χ4v) is 2.99. The molecule has 2 aromatic carbocycles. The van der Waals surface area contributed by atoms with Crippen molar-refractivity contribution in [1.82, 2.24) is 18.8 Å². The van der Waals surface area contributed by atoms with Crippen LogP contribution in [-0.2, 0) is 16.8 Å². The van der Waals surface area contributed by atoms with Gasteiger partial charge in [0.2, 0.25) is 0 Å². The highest BCUT2D eigenvalue weighted by molar-refractivity contribution is 7.87. The molecule has 0 saturated heterocycles. The minimum atomic E-state index is -3.50. The van der Waals surface area contributed by atoms with Gasteiger partial charge in [0.25, 0.3) is 10.2 Å². The average Bonchev–Trinajstić information content (AvgIpc) is 3.06. The molecule has 1 N–H and O–H groups in total. The molecule has 3 rings (SSSR count). The Morgan fingerprint density at radius 2 is 1.60 bits per heavy atom. The van der Waals surface area contributed by atoms with E-state index in [1.165, 1.54) is 14.1 Å². The summed E-state index contributed by atoms with van der Waals surface area (Å²) in [7, 11) is -0.517. The fraction of sp³-hybridized carbons (Fsp3) is 0.167. The number of nitrogens with one attached hydrogen (secondary N) is 1. The van der Waals surface area contributed by atoms with Crippen LogP contribution in [0.25, 0.3) is 16.9 Å². The minimum Gasteiger partial charge on any atom is -0.240 e. The molecule has 0 spiro atoms. The van der Waals surface area contributed by atoms with Gasteiger partial charge in [-0.25, -0.2) is 4.68 Å². The molecule has 6 nitrogen and oxygen atoms in total. The first kappa shape index (κ1) is 17.3. The summed E-state index contributed by atoms with van der Waals surface area (Å²) in [4.78, 5) is 0. The molecule has 25 heavy (non-hydrogen) atoms. The molecule has 0 radical (unpaired) electrons. The molecule has 1 heterocycles. The van der Waals surface area contributed by atoms with Gasteiger partial charge in [-0.3, -0.25) is 0 Å². The van der Waals surface area contributed by atoms with Gasteiger partial charge in [-0.15, -0.1) is 0 Å².